The van der Waals surface area contributed by atoms with Gasteiger partial charge in [-0.2, -0.15) is 5.26 Å². The summed E-state index contributed by atoms with van der Waals surface area (Å²) < 4.78 is 26.1. The lowest BCUT2D eigenvalue weighted by Gasteiger charge is -2.09. The van der Waals surface area contributed by atoms with Crippen LogP contribution in [0.25, 0.3) is 0 Å². The number of halogens is 4. The highest BCUT2D eigenvalue weighted by atomic mass is 35.5. The Morgan fingerprint density at radius 3 is 2.14 bits per heavy atom. The minimum Gasteiger partial charge on any atom is -0.312 e. The van der Waals surface area contributed by atoms with Gasteiger partial charge in [0.05, 0.1) is 11.6 Å². The Labute approximate surface area is 137 Å². The Balaban J connectivity index is 1.93. The van der Waals surface area contributed by atoms with E-state index < -0.39 is 11.6 Å². The van der Waals surface area contributed by atoms with Gasteiger partial charge in [-0.15, -0.1) is 0 Å². The van der Waals surface area contributed by atoms with Crippen molar-refractivity contribution < 1.29 is 8.78 Å². The molecule has 2 aromatic carbocycles. The fourth-order valence-corrected chi connectivity index (χ4v) is 2.74. The highest BCUT2D eigenvalue weighted by Gasteiger charge is 2.08. The van der Waals surface area contributed by atoms with Gasteiger partial charge in [0.15, 0.2) is 0 Å². The average Bonchev–Trinajstić information content (AvgIpc) is 2.44. The van der Waals surface area contributed by atoms with Crippen molar-refractivity contribution in [2.75, 3.05) is 6.54 Å². The van der Waals surface area contributed by atoms with E-state index in [0.717, 1.165) is 11.6 Å². The van der Waals surface area contributed by atoms with Gasteiger partial charge in [0.25, 0.3) is 0 Å². The van der Waals surface area contributed by atoms with Crippen LogP contribution in [0.3, 0.4) is 0 Å². The van der Waals surface area contributed by atoms with E-state index >= 15 is 0 Å². The largest absolute Gasteiger partial charge is 0.312 e. The fraction of sp³-hybridized carbons (Fsp3) is 0.188. The summed E-state index contributed by atoms with van der Waals surface area (Å²) in [5.74, 6) is -1.20. The summed E-state index contributed by atoms with van der Waals surface area (Å²) in [6, 6.07) is 8.48. The molecule has 0 amide bonds. The van der Waals surface area contributed by atoms with E-state index in [9.17, 15) is 8.78 Å². The minimum atomic E-state index is -0.602. The maximum Gasteiger partial charge on any atom is 0.126 e. The standard InChI is InChI=1S/C16H12Cl2F2N2/c17-15-5-10(8-21)6-16(18)14(15)1-2-22-9-11-3-12(19)7-13(20)4-11/h3-7,22H,1-2,9H2. The molecule has 0 aliphatic rings. The Morgan fingerprint density at radius 1 is 1.00 bits per heavy atom. The molecule has 0 aliphatic carbocycles. The molecule has 0 unspecified atom stereocenters. The van der Waals surface area contributed by atoms with Crippen LogP contribution in [-0.4, -0.2) is 6.54 Å². The summed E-state index contributed by atoms with van der Waals surface area (Å²) >= 11 is 12.2. The second kappa shape index (κ2) is 7.55. The molecule has 0 fully saturated rings. The van der Waals surface area contributed by atoms with E-state index in [4.69, 9.17) is 28.5 Å². The lowest BCUT2D eigenvalue weighted by molar-refractivity contribution is 0.575. The Morgan fingerprint density at radius 2 is 1.59 bits per heavy atom. The molecular formula is C16H12Cl2F2N2. The lowest BCUT2D eigenvalue weighted by Crippen LogP contribution is -2.17. The number of hydrogen-bond acceptors (Lipinski definition) is 2. The number of nitriles is 1. The van der Waals surface area contributed by atoms with E-state index in [0.29, 0.717) is 40.7 Å². The van der Waals surface area contributed by atoms with Gasteiger partial charge in [0, 0.05) is 22.7 Å². The first kappa shape index (κ1) is 16.7. The van der Waals surface area contributed by atoms with Crippen LogP contribution >= 0.6 is 23.2 Å². The molecule has 0 spiro atoms. The molecule has 0 aliphatic heterocycles. The molecule has 2 rings (SSSR count). The van der Waals surface area contributed by atoms with Crippen LogP contribution in [0.2, 0.25) is 10.0 Å². The van der Waals surface area contributed by atoms with Crippen molar-refractivity contribution in [1.82, 2.24) is 5.32 Å². The second-order valence-corrected chi connectivity index (χ2v) is 5.55. The minimum absolute atomic E-state index is 0.334. The predicted octanol–water partition coefficient (Wildman–Crippen LogP) is 4.48. The van der Waals surface area contributed by atoms with Gasteiger partial charge in [-0.25, -0.2) is 8.78 Å². The molecule has 0 saturated heterocycles. The zero-order valence-corrected chi connectivity index (χ0v) is 13.0. The van der Waals surface area contributed by atoms with Crippen molar-refractivity contribution in [2.24, 2.45) is 0 Å². The van der Waals surface area contributed by atoms with Crippen LogP contribution in [0.4, 0.5) is 8.78 Å². The highest BCUT2D eigenvalue weighted by Crippen LogP contribution is 2.26. The third-order valence-corrected chi connectivity index (χ3v) is 3.75. The van der Waals surface area contributed by atoms with Crippen LogP contribution in [0.1, 0.15) is 16.7 Å². The molecule has 0 atom stereocenters. The van der Waals surface area contributed by atoms with E-state index in [2.05, 4.69) is 5.32 Å². The van der Waals surface area contributed by atoms with Crippen molar-refractivity contribution in [1.29, 1.82) is 5.26 Å². The van der Waals surface area contributed by atoms with Gasteiger partial charge in [0.1, 0.15) is 11.6 Å². The lowest BCUT2D eigenvalue weighted by atomic mass is 10.1. The van der Waals surface area contributed by atoms with Crippen LogP contribution in [0.15, 0.2) is 30.3 Å². The molecular weight excluding hydrogens is 329 g/mol. The van der Waals surface area contributed by atoms with Crippen molar-refractivity contribution in [3.63, 3.8) is 0 Å². The molecule has 2 aromatic rings. The van der Waals surface area contributed by atoms with Crippen molar-refractivity contribution in [3.8, 4) is 6.07 Å². The first-order chi connectivity index (χ1) is 10.5. The second-order valence-electron chi connectivity index (χ2n) is 4.73. The van der Waals surface area contributed by atoms with Crippen molar-refractivity contribution in [3.05, 3.63) is 68.7 Å². The van der Waals surface area contributed by atoms with Gasteiger partial charge in [-0.05, 0) is 48.4 Å². The summed E-state index contributed by atoms with van der Waals surface area (Å²) in [7, 11) is 0. The quantitative estimate of drug-likeness (QED) is 0.814. The predicted molar refractivity (Wildman–Crippen MR) is 82.9 cm³/mol. The molecule has 0 aromatic heterocycles. The topological polar surface area (TPSA) is 35.8 Å². The number of hydrogen-bond donors (Lipinski definition) is 1. The van der Waals surface area contributed by atoms with E-state index in [-0.39, 0.29) is 0 Å². The fourth-order valence-electron chi connectivity index (χ4n) is 2.07. The van der Waals surface area contributed by atoms with Gasteiger partial charge >= 0.3 is 0 Å². The number of rotatable bonds is 5. The Kier molecular flexibility index (Phi) is 5.73. The third kappa shape index (κ3) is 4.41. The molecule has 0 saturated carbocycles. The molecule has 6 heteroatoms. The number of nitrogens with zero attached hydrogens (tertiary/aromatic N) is 1. The maximum atomic E-state index is 13.1. The summed E-state index contributed by atoms with van der Waals surface area (Å²) in [4.78, 5) is 0. The van der Waals surface area contributed by atoms with Gasteiger partial charge in [-0.1, -0.05) is 23.2 Å². The maximum absolute atomic E-state index is 13.1. The smallest absolute Gasteiger partial charge is 0.126 e. The van der Waals surface area contributed by atoms with E-state index in [1.165, 1.54) is 12.1 Å². The number of benzene rings is 2. The molecule has 2 nitrogen and oxygen atoms in total. The van der Waals surface area contributed by atoms with Crippen LogP contribution in [0.5, 0.6) is 0 Å². The SMILES string of the molecule is N#Cc1cc(Cl)c(CCNCc2cc(F)cc(F)c2)c(Cl)c1. The van der Waals surface area contributed by atoms with Gasteiger partial charge < -0.3 is 5.32 Å². The molecule has 1 N–H and O–H groups in total. The molecule has 0 heterocycles. The first-order valence-electron chi connectivity index (χ1n) is 6.53. The molecule has 22 heavy (non-hydrogen) atoms. The van der Waals surface area contributed by atoms with Crippen LogP contribution in [0, 0.1) is 23.0 Å². The third-order valence-electron chi connectivity index (χ3n) is 3.07. The summed E-state index contributed by atoms with van der Waals surface area (Å²) in [6.07, 6.45) is 0.543. The molecule has 0 bridgehead atoms. The van der Waals surface area contributed by atoms with Gasteiger partial charge in [-0.3, -0.25) is 0 Å². The van der Waals surface area contributed by atoms with E-state index in [1.807, 2.05) is 6.07 Å². The van der Waals surface area contributed by atoms with Crippen molar-refractivity contribution >= 4 is 23.2 Å². The zero-order chi connectivity index (χ0) is 16.1. The average molecular weight is 341 g/mol. The van der Waals surface area contributed by atoms with Gasteiger partial charge in [0.2, 0.25) is 0 Å². The Hall–Kier alpha value is -1.67. The van der Waals surface area contributed by atoms with Crippen LogP contribution in [-0.2, 0) is 13.0 Å². The molecule has 0 radical (unpaired) electrons. The summed E-state index contributed by atoms with van der Waals surface area (Å²) in [5, 5.41) is 12.8. The van der Waals surface area contributed by atoms with Crippen molar-refractivity contribution in [2.45, 2.75) is 13.0 Å². The zero-order valence-electron chi connectivity index (χ0n) is 11.5. The first-order valence-corrected chi connectivity index (χ1v) is 7.29. The number of nitrogens with one attached hydrogen (secondary N) is 1. The Bertz CT molecular complexity index is 683. The van der Waals surface area contributed by atoms with Crippen LogP contribution < -0.4 is 5.32 Å². The summed E-state index contributed by atoms with van der Waals surface area (Å²) in [5.41, 5.74) is 1.66. The highest BCUT2D eigenvalue weighted by molar-refractivity contribution is 6.36. The normalized spacial score (nSPS) is 10.5. The molecule has 114 valence electrons. The summed E-state index contributed by atoms with van der Waals surface area (Å²) in [6.45, 7) is 0.865. The van der Waals surface area contributed by atoms with E-state index in [1.54, 1.807) is 12.1 Å². The monoisotopic (exact) mass is 340 g/mol.